The molecule has 1 heterocycles. The minimum Gasteiger partial charge on any atom is -0.460 e. The van der Waals surface area contributed by atoms with E-state index in [2.05, 4.69) is 49.4 Å². The van der Waals surface area contributed by atoms with Gasteiger partial charge in [0.25, 0.3) is 0 Å². The zero-order valence-electron chi connectivity index (χ0n) is 25.1. The summed E-state index contributed by atoms with van der Waals surface area (Å²) in [6, 6.07) is 30.5. The summed E-state index contributed by atoms with van der Waals surface area (Å²) in [5, 5.41) is 0. The molecule has 3 aromatic carbocycles. The number of carbonyl (C=O) groups is 1. The third-order valence-electron chi connectivity index (χ3n) is 10.6. The lowest BCUT2D eigenvalue weighted by Gasteiger charge is -2.51. The minimum atomic E-state index is -0.972. The van der Waals surface area contributed by atoms with Crippen LogP contribution in [0.1, 0.15) is 68.6 Å². The van der Waals surface area contributed by atoms with Gasteiger partial charge in [-0.2, -0.15) is 0 Å². The smallest absolute Gasteiger partial charge is 0.332 e. The molecule has 3 fully saturated rings. The van der Waals surface area contributed by atoms with E-state index >= 15 is 0 Å². The van der Waals surface area contributed by atoms with Crippen molar-refractivity contribution in [2.75, 3.05) is 19.8 Å². The van der Waals surface area contributed by atoms with Crippen molar-refractivity contribution < 1.29 is 23.7 Å². The van der Waals surface area contributed by atoms with Gasteiger partial charge < -0.3 is 18.9 Å². The van der Waals surface area contributed by atoms with Gasteiger partial charge in [0, 0.05) is 24.7 Å². The van der Waals surface area contributed by atoms with E-state index in [4.69, 9.17) is 18.9 Å². The first-order chi connectivity index (χ1) is 21.0. The summed E-state index contributed by atoms with van der Waals surface area (Å²) in [5.74, 6) is -0.434. The molecule has 0 amide bonds. The van der Waals surface area contributed by atoms with Gasteiger partial charge >= 0.3 is 5.97 Å². The molecule has 3 aliphatic carbocycles. The van der Waals surface area contributed by atoms with E-state index in [0.29, 0.717) is 13.2 Å². The van der Waals surface area contributed by atoms with Crippen LogP contribution in [0.5, 0.6) is 0 Å². The minimum absolute atomic E-state index is 0.152. The summed E-state index contributed by atoms with van der Waals surface area (Å²) in [7, 11) is 0. The lowest BCUT2D eigenvalue weighted by molar-refractivity contribution is -0.228. The fourth-order valence-corrected chi connectivity index (χ4v) is 8.84. The van der Waals surface area contributed by atoms with Crippen molar-refractivity contribution >= 4 is 5.97 Å². The van der Waals surface area contributed by atoms with E-state index in [0.717, 1.165) is 55.2 Å². The number of hydrogen-bond acceptors (Lipinski definition) is 5. The largest absolute Gasteiger partial charge is 0.460 e. The Hall–Kier alpha value is -3.25. The van der Waals surface area contributed by atoms with E-state index in [1.54, 1.807) is 0 Å². The molecule has 4 aliphatic rings. The number of rotatable bonds is 7. The summed E-state index contributed by atoms with van der Waals surface area (Å²) < 4.78 is 26.1. The predicted molar refractivity (Wildman–Crippen MR) is 165 cm³/mol. The van der Waals surface area contributed by atoms with Gasteiger partial charge in [-0.1, -0.05) is 109 Å². The molecule has 4 atom stereocenters. The Morgan fingerprint density at radius 1 is 0.837 bits per heavy atom. The average Bonchev–Trinajstić information content (AvgIpc) is 3.66. The van der Waals surface area contributed by atoms with Gasteiger partial charge in [0.05, 0.1) is 13.2 Å². The van der Waals surface area contributed by atoms with E-state index in [1.165, 1.54) is 12.0 Å². The molecule has 2 bridgehead atoms. The van der Waals surface area contributed by atoms with Crippen LogP contribution in [-0.4, -0.2) is 37.7 Å². The maximum atomic E-state index is 13.9. The summed E-state index contributed by atoms with van der Waals surface area (Å²) in [4.78, 5) is 13.9. The first-order valence-corrected chi connectivity index (χ1v) is 16.0. The molecule has 1 saturated heterocycles. The first-order valence-electron chi connectivity index (χ1n) is 16.0. The van der Waals surface area contributed by atoms with E-state index in [-0.39, 0.29) is 35.9 Å². The summed E-state index contributed by atoms with van der Waals surface area (Å²) >= 11 is 0. The Kier molecular flexibility index (Phi) is 7.75. The second-order valence-corrected chi connectivity index (χ2v) is 13.0. The molecular formula is C38H42O5. The second kappa shape index (κ2) is 11.7. The zero-order valence-corrected chi connectivity index (χ0v) is 25.1. The molecule has 0 radical (unpaired) electrons. The molecule has 7 rings (SSSR count). The Morgan fingerprint density at radius 3 is 2.00 bits per heavy atom. The summed E-state index contributed by atoms with van der Waals surface area (Å²) in [5.41, 5.74) is 3.37. The van der Waals surface area contributed by atoms with Gasteiger partial charge in [-0.15, -0.1) is 0 Å². The molecule has 3 aromatic rings. The number of ether oxygens (including phenoxy) is 4. The third kappa shape index (κ3) is 5.05. The Bertz CT molecular complexity index is 1330. The second-order valence-electron chi connectivity index (χ2n) is 13.0. The van der Waals surface area contributed by atoms with Crippen molar-refractivity contribution in [2.45, 2.75) is 69.4 Å². The lowest BCUT2D eigenvalue weighted by atomic mass is 9.58. The van der Waals surface area contributed by atoms with Crippen LogP contribution < -0.4 is 0 Å². The van der Waals surface area contributed by atoms with Crippen molar-refractivity contribution in [1.29, 1.82) is 0 Å². The highest BCUT2D eigenvalue weighted by Crippen LogP contribution is 2.64. The van der Waals surface area contributed by atoms with Crippen molar-refractivity contribution in [2.24, 2.45) is 17.3 Å². The van der Waals surface area contributed by atoms with Gasteiger partial charge in [0.1, 0.15) is 18.3 Å². The van der Waals surface area contributed by atoms with Crippen LogP contribution in [0.25, 0.3) is 0 Å². The molecule has 1 aliphatic heterocycles. The third-order valence-corrected chi connectivity index (χ3v) is 10.6. The van der Waals surface area contributed by atoms with Crippen LogP contribution in [0.2, 0.25) is 0 Å². The molecule has 0 aromatic heterocycles. The van der Waals surface area contributed by atoms with E-state index in [1.807, 2.05) is 54.6 Å². The zero-order chi connectivity index (χ0) is 29.3. The molecule has 224 valence electrons. The van der Waals surface area contributed by atoms with Crippen LogP contribution in [0, 0.1) is 17.3 Å². The fourth-order valence-electron chi connectivity index (χ4n) is 8.84. The maximum Gasteiger partial charge on any atom is 0.332 e. The standard InChI is InChI=1S/C38H42O5/c1-28-19-21-36-20-11-18-32(35(36)37(23-22-36)40-24-25-41-37)33(26-28)43-34(39)27-42-38(29-12-5-2-6-13-29,30-14-7-3-8-15-30)31-16-9-4-10-17-31/h2-10,12-17,19,32-33,35H,11,18,20-27H2,1H3/t32?,33-,35?,36?/m0/s1. The number of hydrogen-bond donors (Lipinski definition) is 0. The number of esters is 1. The van der Waals surface area contributed by atoms with Crippen LogP contribution in [0.4, 0.5) is 0 Å². The van der Waals surface area contributed by atoms with Crippen molar-refractivity contribution in [3.8, 4) is 0 Å². The van der Waals surface area contributed by atoms with Crippen LogP contribution in [0.15, 0.2) is 103 Å². The highest BCUT2D eigenvalue weighted by Gasteiger charge is 2.64. The quantitative estimate of drug-likeness (QED) is 0.164. The number of allylic oxidation sites excluding steroid dienone is 1. The van der Waals surface area contributed by atoms with Gasteiger partial charge in [-0.05, 0) is 54.7 Å². The molecule has 5 heteroatoms. The first kappa shape index (κ1) is 28.5. The molecule has 43 heavy (non-hydrogen) atoms. The summed E-state index contributed by atoms with van der Waals surface area (Å²) in [6.45, 7) is 3.31. The lowest BCUT2D eigenvalue weighted by Crippen LogP contribution is -2.52. The Balaban J connectivity index is 1.20. The number of carbonyl (C=O) groups excluding carboxylic acids is 1. The van der Waals surface area contributed by atoms with Crippen molar-refractivity contribution in [3.05, 3.63) is 119 Å². The van der Waals surface area contributed by atoms with E-state index < -0.39 is 11.4 Å². The highest BCUT2D eigenvalue weighted by molar-refractivity contribution is 5.71. The molecule has 1 spiro atoms. The van der Waals surface area contributed by atoms with E-state index in [9.17, 15) is 4.79 Å². The van der Waals surface area contributed by atoms with Gasteiger partial charge in [-0.25, -0.2) is 4.79 Å². The Labute approximate surface area is 255 Å². The van der Waals surface area contributed by atoms with Crippen molar-refractivity contribution in [3.63, 3.8) is 0 Å². The number of benzene rings is 3. The Morgan fingerprint density at radius 2 is 1.42 bits per heavy atom. The van der Waals surface area contributed by atoms with Gasteiger partial charge in [0.15, 0.2) is 5.79 Å². The molecular weight excluding hydrogens is 536 g/mol. The van der Waals surface area contributed by atoms with Crippen LogP contribution in [0.3, 0.4) is 0 Å². The monoisotopic (exact) mass is 578 g/mol. The predicted octanol–water partition coefficient (Wildman–Crippen LogP) is 7.59. The fraction of sp³-hybridized carbons (Fsp3) is 0.447. The molecule has 2 saturated carbocycles. The summed E-state index contributed by atoms with van der Waals surface area (Å²) in [6.07, 6.45) is 9.35. The normalized spacial score (nSPS) is 28.0. The SMILES string of the molecule is CC1=CCC23CCCC(C2C2(CC3)OCCO2)[C@@H](OC(=O)COC(c2ccccc2)(c2ccccc2)c2ccccc2)C1. The van der Waals surface area contributed by atoms with Crippen molar-refractivity contribution in [1.82, 2.24) is 0 Å². The topological polar surface area (TPSA) is 54.0 Å². The highest BCUT2D eigenvalue weighted by atomic mass is 16.7. The molecule has 0 N–H and O–H groups in total. The maximum absolute atomic E-state index is 13.9. The van der Waals surface area contributed by atoms with Gasteiger partial charge in [0.2, 0.25) is 0 Å². The van der Waals surface area contributed by atoms with Gasteiger partial charge in [-0.3, -0.25) is 0 Å². The molecule has 5 nitrogen and oxygen atoms in total. The average molecular weight is 579 g/mol. The van der Waals surface area contributed by atoms with Crippen LogP contribution >= 0.6 is 0 Å². The van der Waals surface area contributed by atoms with Crippen LogP contribution in [-0.2, 0) is 29.3 Å². The molecule has 3 unspecified atom stereocenters.